The fourth-order valence-electron chi connectivity index (χ4n) is 2.56. The topological polar surface area (TPSA) is 84.3 Å². The van der Waals surface area contributed by atoms with E-state index >= 15 is 0 Å². The smallest absolute Gasteiger partial charge is 0.270 e. The number of carbonyl (C=O) groups excluding carboxylic acids is 1. The van der Waals surface area contributed by atoms with Gasteiger partial charge in [-0.3, -0.25) is 14.9 Å². The van der Waals surface area contributed by atoms with Gasteiger partial charge < -0.3 is 10.6 Å². The van der Waals surface area contributed by atoms with E-state index in [0.29, 0.717) is 22.9 Å². The lowest BCUT2D eigenvalue weighted by atomic mass is 10.1. The van der Waals surface area contributed by atoms with Crippen molar-refractivity contribution in [3.8, 4) is 0 Å². The number of nitro benzene ring substituents is 1. The van der Waals surface area contributed by atoms with Gasteiger partial charge in [0.25, 0.3) is 11.6 Å². The average Bonchev–Trinajstić information content (AvgIpc) is 2.69. The van der Waals surface area contributed by atoms with Crippen LogP contribution in [0.2, 0.25) is 10.0 Å². The highest BCUT2D eigenvalue weighted by Gasteiger charge is 2.18. The molecule has 0 fully saturated rings. The van der Waals surface area contributed by atoms with Crippen LogP contribution in [-0.2, 0) is 6.54 Å². The highest BCUT2D eigenvalue weighted by Crippen LogP contribution is 2.28. The van der Waals surface area contributed by atoms with Crippen LogP contribution < -0.4 is 10.6 Å². The third-order valence-corrected chi connectivity index (χ3v) is 4.51. The molecule has 0 atom stereocenters. The van der Waals surface area contributed by atoms with Gasteiger partial charge in [-0.25, -0.2) is 0 Å². The molecule has 0 spiro atoms. The first kappa shape index (κ1) is 19.7. The molecule has 0 saturated heterocycles. The molecule has 142 valence electrons. The van der Waals surface area contributed by atoms with Crippen molar-refractivity contribution in [3.05, 3.63) is 98.0 Å². The Morgan fingerprint density at radius 2 is 1.68 bits per heavy atom. The number of benzene rings is 3. The lowest BCUT2D eigenvalue weighted by molar-refractivity contribution is -0.384. The summed E-state index contributed by atoms with van der Waals surface area (Å²) in [6.45, 7) is 0.459. The summed E-state index contributed by atoms with van der Waals surface area (Å²) in [5.74, 6) is -0.525. The maximum absolute atomic E-state index is 12.8. The Morgan fingerprint density at radius 1 is 0.964 bits per heavy atom. The van der Waals surface area contributed by atoms with E-state index in [1.54, 1.807) is 12.1 Å². The van der Waals surface area contributed by atoms with E-state index in [0.717, 1.165) is 5.56 Å². The van der Waals surface area contributed by atoms with Crippen molar-refractivity contribution >= 4 is 46.2 Å². The molecule has 0 radical (unpaired) electrons. The Balaban J connectivity index is 1.88. The number of carbonyl (C=O) groups is 1. The predicted molar refractivity (Wildman–Crippen MR) is 111 cm³/mol. The van der Waals surface area contributed by atoms with Crippen LogP contribution in [0.5, 0.6) is 0 Å². The molecular weight excluding hydrogens is 401 g/mol. The molecule has 3 aromatic carbocycles. The number of non-ortho nitro benzene ring substituents is 1. The summed E-state index contributed by atoms with van der Waals surface area (Å²) >= 11 is 12.0. The molecule has 0 aromatic heterocycles. The zero-order valence-corrected chi connectivity index (χ0v) is 16.0. The van der Waals surface area contributed by atoms with Gasteiger partial charge in [0.05, 0.1) is 21.2 Å². The Kier molecular flexibility index (Phi) is 6.13. The summed E-state index contributed by atoms with van der Waals surface area (Å²) in [6, 6.07) is 18.3. The van der Waals surface area contributed by atoms with E-state index < -0.39 is 10.8 Å². The molecule has 0 unspecified atom stereocenters. The molecule has 1 amide bonds. The highest BCUT2D eigenvalue weighted by atomic mass is 35.5. The number of rotatable bonds is 6. The number of amides is 1. The van der Waals surface area contributed by atoms with Crippen LogP contribution in [0.1, 0.15) is 15.9 Å². The van der Waals surface area contributed by atoms with E-state index in [1.807, 2.05) is 30.3 Å². The van der Waals surface area contributed by atoms with Crippen molar-refractivity contribution in [2.45, 2.75) is 6.54 Å². The first-order chi connectivity index (χ1) is 13.4. The van der Waals surface area contributed by atoms with Gasteiger partial charge >= 0.3 is 0 Å². The van der Waals surface area contributed by atoms with Crippen LogP contribution >= 0.6 is 23.2 Å². The van der Waals surface area contributed by atoms with Crippen LogP contribution in [-0.4, -0.2) is 10.8 Å². The van der Waals surface area contributed by atoms with E-state index in [1.165, 1.54) is 24.3 Å². The van der Waals surface area contributed by atoms with Crippen LogP contribution in [0.25, 0.3) is 0 Å². The van der Waals surface area contributed by atoms with E-state index in [2.05, 4.69) is 10.6 Å². The van der Waals surface area contributed by atoms with Crippen LogP contribution in [0.4, 0.5) is 17.1 Å². The molecule has 2 N–H and O–H groups in total. The number of nitrogens with one attached hydrogen (secondary N) is 2. The molecule has 3 aromatic rings. The quantitative estimate of drug-likeness (QED) is 0.395. The number of hydrogen-bond donors (Lipinski definition) is 2. The van der Waals surface area contributed by atoms with E-state index in [-0.39, 0.29) is 16.3 Å². The van der Waals surface area contributed by atoms with Crippen LogP contribution in [0.3, 0.4) is 0 Å². The molecule has 6 nitrogen and oxygen atoms in total. The van der Waals surface area contributed by atoms with Crippen molar-refractivity contribution in [1.82, 2.24) is 0 Å². The zero-order chi connectivity index (χ0) is 20.1. The maximum atomic E-state index is 12.8. The lowest BCUT2D eigenvalue weighted by Gasteiger charge is -2.13. The second-order valence-corrected chi connectivity index (χ2v) is 6.75. The molecule has 0 aliphatic heterocycles. The molecule has 0 bridgehead atoms. The van der Waals surface area contributed by atoms with Crippen molar-refractivity contribution in [2.24, 2.45) is 0 Å². The lowest BCUT2D eigenvalue weighted by Crippen LogP contribution is -2.15. The Bertz CT molecular complexity index is 1030. The zero-order valence-electron chi connectivity index (χ0n) is 14.5. The van der Waals surface area contributed by atoms with Gasteiger partial charge in [0, 0.05) is 29.4 Å². The van der Waals surface area contributed by atoms with Crippen LogP contribution in [0, 0.1) is 10.1 Å². The second-order valence-electron chi connectivity index (χ2n) is 5.90. The SMILES string of the molecule is O=C(Nc1ccc(Cl)cc1Cl)c1cc([N+](=O)[O-])ccc1NCc1ccccc1. The molecule has 28 heavy (non-hydrogen) atoms. The normalized spacial score (nSPS) is 10.4. The van der Waals surface area contributed by atoms with Crippen molar-refractivity contribution in [1.29, 1.82) is 0 Å². The molecule has 0 aliphatic carbocycles. The minimum Gasteiger partial charge on any atom is -0.380 e. The Labute approximate surface area is 171 Å². The highest BCUT2D eigenvalue weighted by molar-refractivity contribution is 6.36. The largest absolute Gasteiger partial charge is 0.380 e. The monoisotopic (exact) mass is 415 g/mol. The summed E-state index contributed by atoms with van der Waals surface area (Å²) in [7, 11) is 0. The number of halogens is 2. The third kappa shape index (κ3) is 4.79. The summed E-state index contributed by atoms with van der Waals surface area (Å²) in [6.07, 6.45) is 0. The van der Waals surface area contributed by atoms with Crippen molar-refractivity contribution in [2.75, 3.05) is 10.6 Å². The van der Waals surface area contributed by atoms with E-state index in [4.69, 9.17) is 23.2 Å². The Hall–Kier alpha value is -3.09. The summed E-state index contributed by atoms with van der Waals surface area (Å²) in [5, 5.41) is 17.7. The molecular formula is C20H15Cl2N3O3. The fraction of sp³-hybridized carbons (Fsp3) is 0.0500. The molecule has 3 rings (SSSR count). The minimum atomic E-state index is -0.549. The van der Waals surface area contributed by atoms with Gasteiger partial charge in [-0.15, -0.1) is 0 Å². The second kappa shape index (κ2) is 8.73. The maximum Gasteiger partial charge on any atom is 0.270 e. The predicted octanol–water partition coefficient (Wildman–Crippen LogP) is 5.77. The van der Waals surface area contributed by atoms with Crippen LogP contribution in [0.15, 0.2) is 66.7 Å². The molecule has 0 heterocycles. The van der Waals surface area contributed by atoms with Crippen molar-refractivity contribution in [3.63, 3.8) is 0 Å². The fourth-order valence-corrected chi connectivity index (χ4v) is 3.02. The van der Waals surface area contributed by atoms with Gasteiger partial charge in [0.15, 0.2) is 0 Å². The number of anilines is 2. The van der Waals surface area contributed by atoms with Crippen molar-refractivity contribution < 1.29 is 9.72 Å². The summed E-state index contributed by atoms with van der Waals surface area (Å²) in [4.78, 5) is 23.4. The average molecular weight is 416 g/mol. The van der Waals surface area contributed by atoms with Gasteiger partial charge in [-0.2, -0.15) is 0 Å². The van der Waals surface area contributed by atoms with Gasteiger partial charge in [0.1, 0.15) is 0 Å². The summed E-state index contributed by atoms with van der Waals surface area (Å²) in [5.41, 5.74) is 1.79. The van der Waals surface area contributed by atoms with Gasteiger partial charge in [-0.05, 0) is 29.8 Å². The molecule has 0 aliphatic rings. The Morgan fingerprint density at radius 3 is 2.36 bits per heavy atom. The van der Waals surface area contributed by atoms with Gasteiger partial charge in [0.2, 0.25) is 0 Å². The standard InChI is InChI=1S/C20H15Cl2N3O3/c21-14-6-8-19(17(22)10-14)24-20(26)16-11-15(25(27)28)7-9-18(16)23-12-13-4-2-1-3-5-13/h1-11,23H,12H2,(H,24,26). The van der Waals surface area contributed by atoms with E-state index in [9.17, 15) is 14.9 Å². The number of nitro groups is 1. The van der Waals surface area contributed by atoms with Gasteiger partial charge in [-0.1, -0.05) is 53.5 Å². The first-order valence-electron chi connectivity index (χ1n) is 8.26. The minimum absolute atomic E-state index is 0.135. The third-order valence-electron chi connectivity index (χ3n) is 3.96. The number of hydrogen-bond acceptors (Lipinski definition) is 4. The first-order valence-corrected chi connectivity index (χ1v) is 9.02. The molecule has 0 saturated carbocycles. The molecule has 8 heteroatoms. The number of nitrogens with zero attached hydrogens (tertiary/aromatic N) is 1. The summed E-state index contributed by atoms with van der Waals surface area (Å²) < 4.78 is 0.